The Morgan fingerprint density at radius 3 is 2.72 bits per heavy atom. The lowest BCUT2D eigenvalue weighted by Crippen LogP contribution is -2.21. The molecule has 5 heteroatoms. The van der Waals surface area contributed by atoms with Crippen molar-refractivity contribution in [3.05, 3.63) is 17.6 Å². The Morgan fingerprint density at radius 2 is 2.06 bits per heavy atom. The van der Waals surface area contributed by atoms with Crippen LogP contribution in [0.3, 0.4) is 0 Å². The summed E-state index contributed by atoms with van der Waals surface area (Å²) in [5.41, 5.74) is 1.13. The van der Waals surface area contributed by atoms with Gasteiger partial charge in [-0.2, -0.15) is 11.8 Å². The lowest BCUT2D eigenvalue weighted by atomic mass is 10.2. The molecule has 0 spiro atoms. The van der Waals surface area contributed by atoms with Gasteiger partial charge in [0.15, 0.2) is 0 Å². The molecular formula is C13H21N3S2. The second-order valence-electron chi connectivity index (χ2n) is 4.32. The number of hydrogen-bond donors (Lipinski definition) is 1. The summed E-state index contributed by atoms with van der Waals surface area (Å²) in [6.45, 7) is 4.41. The molecule has 0 aliphatic carbocycles. The fourth-order valence-corrected chi connectivity index (χ4v) is 5.09. The summed E-state index contributed by atoms with van der Waals surface area (Å²) < 4.78 is 0. The van der Waals surface area contributed by atoms with E-state index in [1.807, 2.05) is 24.9 Å². The zero-order valence-electron chi connectivity index (χ0n) is 11.3. The number of rotatable bonds is 4. The quantitative estimate of drug-likeness (QED) is 0.917. The van der Waals surface area contributed by atoms with E-state index in [2.05, 4.69) is 35.9 Å². The summed E-state index contributed by atoms with van der Waals surface area (Å²) in [6, 6.07) is 2.05. The van der Waals surface area contributed by atoms with E-state index >= 15 is 0 Å². The van der Waals surface area contributed by atoms with E-state index in [1.54, 1.807) is 0 Å². The van der Waals surface area contributed by atoms with E-state index in [0.717, 1.165) is 23.8 Å². The third-order valence-corrected chi connectivity index (χ3v) is 6.36. The molecule has 1 aromatic rings. The van der Waals surface area contributed by atoms with Gasteiger partial charge in [0.05, 0.1) is 5.25 Å². The van der Waals surface area contributed by atoms with Crippen LogP contribution in [0.4, 0.5) is 5.82 Å². The van der Waals surface area contributed by atoms with Crippen LogP contribution >= 0.6 is 23.5 Å². The maximum Gasteiger partial charge on any atom is 0.145 e. The SMILES string of the molecule is CCc1cc(NC)nc(C2SCCSC2CC)n1. The van der Waals surface area contributed by atoms with Gasteiger partial charge in [-0.1, -0.05) is 13.8 Å². The normalized spacial score (nSPS) is 23.9. The van der Waals surface area contributed by atoms with Crippen molar-refractivity contribution in [3.8, 4) is 0 Å². The van der Waals surface area contributed by atoms with Gasteiger partial charge in [0.1, 0.15) is 11.6 Å². The molecule has 0 aromatic carbocycles. The second-order valence-corrected chi connectivity index (χ2v) is 6.91. The van der Waals surface area contributed by atoms with Crippen LogP contribution in [0.25, 0.3) is 0 Å². The summed E-state index contributed by atoms with van der Waals surface area (Å²) >= 11 is 4.09. The molecule has 2 rings (SSSR count). The van der Waals surface area contributed by atoms with E-state index in [1.165, 1.54) is 17.9 Å². The minimum absolute atomic E-state index is 0.451. The smallest absolute Gasteiger partial charge is 0.145 e. The third kappa shape index (κ3) is 3.12. The Hall–Kier alpha value is -0.420. The molecule has 0 amide bonds. The first-order valence-electron chi connectivity index (χ1n) is 6.57. The maximum absolute atomic E-state index is 4.74. The molecule has 0 saturated carbocycles. The number of thioether (sulfide) groups is 2. The molecule has 1 saturated heterocycles. The predicted molar refractivity (Wildman–Crippen MR) is 82.7 cm³/mol. The van der Waals surface area contributed by atoms with Crippen molar-refractivity contribution in [2.75, 3.05) is 23.9 Å². The van der Waals surface area contributed by atoms with Crippen molar-refractivity contribution in [2.24, 2.45) is 0 Å². The fourth-order valence-electron chi connectivity index (χ4n) is 2.10. The molecule has 0 bridgehead atoms. The molecule has 18 heavy (non-hydrogen) atoms. The Balaban J connectivity index is 2.29. The lowest BCUT2D eigenvalue weighted by molar-refractivity contribution is 0.742. The summed E-state index contributed by atoms with van der Waals surface area (Å²) in [7, 11) is 1.92. The van der Waals surface area contributed by atoms with Crippen LogP contribution in [-0.4, -0.2) is 33.8 Å². The first-order valence-corrected chi connectivity index (χ1v) is 8.67. The summed E-state index contributed by atoms with van der Waals surface area (Å²) in [4.78, 5) is 9.40. The Labute approximate surface area is 118 Å². The molecule has 1 aliphatic heterocycles. The van der Waals surface area contributed by atoms with Crippen molar-refractivity contribution in [3.63, 3.8) is 0 Å². The molecule has 2 unspecified atom stereocenters. The standard InChI is InChI=1S/C13H21N3S2/c1-4-9-8-11(14-3)16-13(15-9)12-10(5-2)17-6-7-18-12/h8,10,12H,4-7H2,1-3H3,(H,14,15,16). The van der Waals surface area contributed by atoms with E-state index in [9.17, 15) is 0 Å². The van der Waals surface area contributed by atoms with Crippen molar-refractivity contribution in [2.45, 2.75) is 37.2 Å². The topological polar surface area (TPSA) is 37.8 Å². The van der Waals surface area contributed by atoms with Gasteiger partial charge < -0.3 is 5.32 Å². The molecule has 0 radical (unpaired) electrons. The van der Waals surface area contributed by atoms with E-state index in [4.69, 9.17) is 4.98 Å². The predicted octanol–water partition coefficient (Wildman–Crippen LogP) is 3.38. The van der Waals surface area contributed by atoms with E-state index in [-0.39, 0.29) is 0 Å². The monoisotopic (exact) mass is 283 g/mol. The molecule has 1 aromatic heterocycles. The van der Waals surface area contributed by atoms with Crippen molar-refractivity contribution in [1.29, 1.82) is 0 Å². The number of nitrogens with one attached hydrogen (secondary N) is 1. The molecule has 3 nitrogen and oxygen atoms in total. The highest BCUT2D eigenvalue weighted by atomic mass is 32.2. The van der Waals surface area contributed by atoms with Crippen LogP contribution < -0.4 is 5.32 Å². The van der Waals surface area contributed by atoms with E-state index < -0.39 is 0 Å². The maximum atomic E-state index is 4.74. The molecule has 1 aliphatic rings. The zero-order chi connectivity index (χ0) is 13.0. The van der Waals surface area contributed by atoms with Crippen LogP contribution in [0.15, 0.2) is 6.07 Å². The van der Waals surface area contributed by atoms with Crippen LogP contribution in [0, 0.1) is 0 Å². The fraction of sp³-hybridized carbons (Fsp3) is 0.692. The summed E-state index contributed by atoms with van der Waals surface area (Å²) in [5, 5.41) is 4.25. The van der Waals surface area contributed by atoms with Gasteiger partial charge in [-0.05, 0) is 12.8 Å². The number of nitrogens with zero attached hydrogens (tertiary/aromatic N) is 2. The first kappa shape index (κ1) is 14.0. The van der Waals surface area contributed by atoms with Gasteiger partial charge >= 0.3 is 0 Å². The van der Waals surface area contributed by atoms with Crippen molar-refractivity contribution >= 4 is 29.3 Å². The lowest BCUT2D eigenvalue weighted by Gasteiger charge is -2.29. The highest BCUT2D eigenvalue weighted by molar-refractivity contribution is 8.06. The molecule has 100 valence electrons. The molecule has 1 N–H and O–H groups in total. The van der Waals surface area contributed by atoms with Crippen LogP contribution in [0.5, 0.6) is 0 Å². The summed E-state index contributed by atoms with van der Waals surface area (Å²) in [6.07, 6.45) is 2.16. The average Bonchev–Trinajstić information content (AvgIpc) is 2.46. The Kier molecular flexibility index (Phi) is 5.18. The number of anilines is 1. The molecule has 2 heterocycles. The molecule has 2 atom stereocenters. The Morgan fingerprint density at radius 1 is 1.28 bits per heavy atom. The highest BCUT2D eigenvalue weighted by Crippen LogP contribution is 2.42. The van der Waals surface area contributed by atoms with Gasteiger partial charge in [0.25, 0.3) is 0 Å². The first-order chi connectivity index (χ1) is 8.78. The number of aromatic nitrogens is 2. The number of hydrogen-bond acceptors (Lipinski definition) is 5. The van der Waals surface area contributed by atoms with Gasteiger partial charge in [0, 0.05) is 35.6 Å². The number of aryl methyl sites for hydroxylation is 1. The largest absolute Gasteiger partial charge is 0.373 e. The van der Waals surface area contributed by atoms with Gasteiger partial charge in [-0.25, -0.2) is 9.97 Å². The van der Waals surface area contributed by atoms with E-state index in [0.29, 0.717) is 10.5 Å². The van der Waals surface area contributed by atoms with Crippen molar-refractivity contribution in [1.82, 2.24) is 9.97 Å². The zero-order valence-corrected chi connectivity index (χ0v) is 12.9. The summed E-state index contributed by atoms with van der Waals surface area (Å²) in [5.74, 6) is 4.43. The Bertz CT molecular complexity index is 376. The van der Waals surface area contributed by atoms with Crippen LogP contribution in [0.2, 0.25) is 0 Å². The highest BCUT2D eigenvalue weighted by Gasteiger charge is 2.29. The second kappa shape index (κ2) is 6.66. The average molecular weight is 283 g/mol. The minimum Gasteiger partial charge on any atom is -0.373 e. The molecule has 1 fully saturated rings. The van der Waals surface area contributed by atoms with Crippen LogP contribution in [-0.2, 0) is 6.42 Å². The van der Waals surface area contributed by atoms with Gasteiger partial charge in [-0.3, -0.25) is 0 Å². The minimum atomic E-state index is 0.451. The van der Waals surface area contributed by atoms with Crippen LogP contribution in [0.1, 0.15) is 37.0 Å². The van der Waals surface area contributed by atoms with Gasteiger partial charge in [-0.15, -0.1) is 11.8 Å². The van der Waals surface area contributed by atoms with Gasteiger partial charge in [0.2, 0.25) is 0 Å². The third-order valence-electron chi connectivity index (χ3n) is 3.12. The van der Waals surface area contributed by atoms with Crippen molar-refractivity contribution < 1.29 is 0 Å². The molecular weight excluding hydrogens is 262 g/mol.